The second-order valence-electron chi connectivity index (χ2n) is 6.27. The molecule has 0 amide bonds. The van der Waals surface area contributed by atoms with Crippen LogP contribution in [0.2, 0.25) is 0 Å². The first kappa shape index (κ1) is 15.3. The van der Waals surface area contributed by atoms with Crippen LogP contribution in [0.15, 0.2) is 18.3 Å². The fourth-order valence-corrected chi connectivity index (χ4v) is 3.20. The summed E-state index contributed by atoms with van der Waals surface area (Å²) in [4.78, 5) is 7.10. The summed E-state index contributed by atoms with van der Waals surface area (Å²) >= 11 is 0. The van der Waals surface area contributed by atoms with Crippen LogP contribution < -0.4 is 5.32 Å². The molecule has 120 valence electrons. The van der Waals surface area contributed by atoms with Gasteiger partial charge in [-0.2, -0.15) is 9.61 Å². The van der Waals surface area contributed by atoms with Gasteiger partial charge in [-0.1, -0.05) is 12.8 Å². The first-order valence-corrected chi connectivity index (χ1v) is 8.60. The fourth-order valence-electron chi connectivity index (χ4n) is 3.20. The van der Waals surface area contributed by atoms with Gasteiger partial charge in [-0.3, -0.25) is 0 Å². The minimum absolute atomic E-state index is 0.909. The summed E-state index contributed by atoms with van der Waals surface area (Å²) < 4.78 is 1.88. The van der Waals surface area contributed by atoms with E-state index in [2.05, 4.69) is 26.4 Å². The van der Waals surface area contributed by atoms with Crippen LogP contribution in [-0.2, 0) is 0 Å². The standard InChI is InChI=1S/C17H27N5/c1-15-14-17(22-16(20-15)8-10-19-22)18-9-4-7-13-21-11-5-2-3-6-12-21/h8,10,14,18H,2-7,9,11-13H2,1H3. The molecule has 1 saturated heterocycles. The maximum Gasteiger partial charge on any atom is 0.157 e. The van der Waals surface area contributed by atoms with Crippen molar-refractivity contribution >= 4 is 11.5 Å². The number of anilines is 1. The number of hydrogen-bond acceptors (Lipinski definition) is 4. The van der Waals surface area contributed by atoms with Gasteiger partial charge in [-0.15, -0.1) is 0 Å². The summed E-state index contributed by atoms with van der Waals surface area (Å²) in [6.45, 7) is 6.85. The van der Waals surface area contributed by atoms with Crippen molar-refractivity contribution in [3.05, 3.63) is 24.0 Å². The molecule has 5 nitrogen and oxygen atoms in total. The molecule has 0 unspecified atom stereocenters. The molecule has 0 bridgehead atoms. The predicted octanol–water partition coefficient (Wildman–Crippen LogP) is 3.11. The summed E-state index contributed by atoms with van der Waals surface area (Å²) in [7, 11) is 0. The Morgan fingerprint density at radius 2 is 1.95 bits per heavy atom. The number of aromatic nitrogens is 3. The highest BCUT2D eigenvalue weighted by Crippen LogP contribution is 2.13. The van der Waals surface area contributed by atoms with Crippen molar-refractivity contribution in [1.29, 1.82) is 0 Å². The van der Waals surface area contributed by atoms with Gasteiger partial charge >= 0.3 is 0 Å². The maximum atomic E-state index is 4.46. The molecule has 22 heavy (non-hydrogen) atoms. The van der Waals surface area contributed by atoms with Crippen LogP contribution >= 0.6 is 0 Å². The highest BCUT2D eigenvalue weighted by atomic mass is 15.3. The number of fused-ring (bicyclic) bond motifs is 1. The number of likely N-dealkylation sites (tertiary alicyclic amines) is 1. The van der Waals surface area contributed by atoms with Gasteiger partial charge in [0.2, 0.25) is 0 Å². The number of nitrogens with one attached hydrogen (secondary N) is 1. The lowest BCUT2D eigenvalue weighted by Crippen LogP contribution is -2.26. The lowest BCUT2D eigenvalue weighted by molar-refractivity contribution is 0.280. The molecule has 0 atom stereocenters. The Labute approximate surface area is 132 Å². The largest absolute Gasteiger partial charge is 0.370 e. The van der Waals surface area contributed by atoms with Crippen LogP contribution in [0.1, 0.15) is 44.2 Å². The maximum absolute atomic E-state index is 4.46. The zero-order chi connectivity index (χ0) is 15.2. The van der Waals surface area contributed by atoms with Crippen molar-refractivity contribution in [2.24, 2.45) is 0 Å². The zero-order valence-electron chi connectivity index (χ0n) is 13.6. The molecular weight excluding hydrogens is 274 g/mol. The Hall–Kier alpha value is -1.62. The van der Waals surface area contributed by atoms with Gasteiger partial charge in [0.15, 0.2) is 5.65 Å². The van der Waals surface area contributed by atoms with E-state index >= 15 is 0 Å². The third-order valence-electron chi connectivity index (χ3n) is 4.39. The van der Waals surface area contributed by atoms with Crippen molar-refractivity contribution in [3.8, 4) is 0 Å². The number of rotatable bonds is 6. The Balaban J connectivity index is 1.43. The first-order valence-electron chi connectivity index (χ1n) is 8.60. The van der Waals surface area contributed by atoms with Crippen molar-refractivity contribution in [3.63, 3.8) is 0 Å². The molecule has 0 radical (unpaired) electrons. The van der Waals surface area contributed by atoms with Gasteiger partial charge in [0.25, 0.3) is 0 Å². The van der Waals surface area contributed by atoms with E-state index in [0.717, 1.165) is 23.7 Å². The van der Waals surface area contributed by atoms with Crippen LogP contribution in [-0.4, -0.2) is 45.7 Å². The van der Waals surface area contributed by atoms with Gasteiger partial charge in [0, 0.05) is 24.4 Å². The van der Waals surface area contributed by atoms with E-state index in [1.54, 1.807) is 6.20 Å². The number of hydrogen-bond donors (Lipinski definition) is 1. The monoisotopic (exact) mass is 301 g/mol. The molecule has 0 aliphatic carbocycles. The van der Waals surface area contributed by atoms with E-state index in [-0.39, 0.29) is 0 Å². The van der Waals surface area contributed by atoms with Crippen LogP contribution in [0.5, 0.6) is 0 Å². The minimum Gasteiger partial charge on any atom is -0.370 e. The third-order valence-corrected chi connectivity index (χ3v) is 4.39. The van der Waals surface area contributed by atoms with Crippen LogP contribution in [0.4, 0.5) is 5.82 Å². The molecule has 1 aliphatic rings. The quantitative estimate of drug-likeness (QED) is 0.833. The highest BCUT2D eigenvalue weighted by Gasteiger charge is 2.08. The summed E-state index contributed by atoms with van der Waals surface area (Å²) in [5, 5.41) is 7.83. The van der Waals surface area contributed by atoms with E-state index in [1.165, 1.54) is 58.2 Å². The average Bonchev–Trinajstić information content (AvgIpc) is 2.82. The molecule has 0 saturated carbocycles. The van der Waals surface area contributed by atoms with E-state index < -0.39 is 0 Å². The Morgan fingerprint density at radius 3 is 2.77 bits per heavy atom. The molecular formula is C17H27N5. The molecule has 5 heteroatoms. The summed E-state index contributed by atoms with van der Waals surface area (Å²) in [6, 6.07) is 4.01. The number of unbranched alkanes of at least 4 members (excludes halogenated alkanes) is 1. The second-order valence-corrected chi connectivity index (χ2v) is 6.27. The fraction of sp³-hybridized carbons (Fsp3) is 0.647. The van der Waals surface area contributed by atoms with Gasteiger partial charge in [-0.25, -0.2) is 4.98 Å². The molecule has 3 rings (SSSR count). The lowest BCUT2D eigenvalue weighted by atomic mass is 10.2. The summed E-state index contributed by atoms with van der Waals surface area (Å²) in [5.74, 6) is 1.04. The van der Waals surface area contributed by atoms with Gasteiger partial charge in [0.05, 0.1) is 6.20 Å². The van der Waals surface area contributed by atoms with Crippen LogP contribution in [0.3, 0.4) is 0 Å². The van der Waals surface area contributed by atoms with Gasteiger partial charge < -0.3 is 10.2 Å². The average molecular weight is 301 g/mol. The van der Waals surface area contributed by atoms with Crippen molar-refractivity contribution in [2.75, 3.05) is 31.5 Å². The van der Waals surface area contributed by atoms with Crippen LogP contribution in [0, 0.1) is 6.92 Å². The Bertz CT molecular complexity index is 584. The molecule has 1 fully saturated rings. The molecule has 1 aliphatic heterocycles. The molecule has 0 aromatic carbocycles. The van der Waals surface area contributed by atoms with Crippen LogP contribution in [0.25, 0.3) is 5.65 Å². The normalized spacial score (nSPS) is 16.8. The number of aryl methyl sites for hydroxylation is 1. The third kappa shape index (κ3) is 3.97. The number of nitrogens with zero attached hydrogens (tertiary/aromatic N) is 4. The highest BCUT2D eigenvalue weighted by molar-refractivity contribution is 5.48. The van der Waals surface area contributed by atoms with Gasteiger partial charge in [0.1, 0.15) is 5.82 Å². The second kappa shape index (κ2) is 7.58. The minimum atomic E-state index is 0.909. The van der Waals surface area contributed by atoms with E-state index in [0.29, 0.717) is 0 Å². The van der Waals surface area contributed by atoms with E-state index in [4.69, 9.17) is 0 Å². The van der Waals surface area contributed by atoms with Crippen molar-refractivity contribution < 1.29 is 0 Å². The Kier molecular flexibility index (Phi) is 5.27. The summed E-state index contributed by atoms with van der Waals surface area (Å²) in [5.41, 5.74) is 1.94. The van der Waals surface area contributed by atoms with Crippen molar-refractivity contribution in [2.45, 2.75) is 45.4 Å². The topological polar surface area (TPSA) is 45.5 Å². The van der Waals surface area contributed by atoms with Crippen molar-refractivity contribution in [1.82, 2.24) is 19.5 Å². The molecule has 0 spiro atoms. The molecule has 2 aromatic heterocycles. The SMILES string of the molecule is Cc1cc(NCCCCN2CCCCCC2)n2nccc2n1. The molecule has 2 aromatic rings. The van der Waals surface area contributed by atoms with Gasteiger partial charge in [-0.05, 0) is 52.2 Å². The first-order chi connectivity index (χ1) is 10.8. The van der Waals surface area contributed by atoms with E-state index in [1.807, 2.05) is 17.5 Å². The smallest absolute Gasteiger partial charge is 0.157 e. The van der Waals surface area contributed by atoms with E-state index in [9.17, 15) is 0 Å². The summed E-state index contributed by atoms with van der Waals surface area (Å²) in [6.07, 6.45) is 9.85. The zero-order valence-corrected chi connectivity index (χ0v) is 13.6. The lowest BCUT2D eigenvalue weighted by Gasteiger charge is -2.19. The predicted molar refractivity (Wildman–Crippen MR) is 90.4 cm³/mol. The molecule has 1 N–H and O–H groups in total. The Morgan fingerprint density at radius 1 is 1.14 bits per heavy atom. The molecule has 3 heterocycles.